The van der Waals surface area contributed by atoms with Gasteiger partial charge in [-0.2, -0.15) is 5.10 Å². The number of aromatic nitrogens is 2. The lowest BCUT2D eigenvalue weighted by molar-refractivity contribution is 0.00478. The molecule has 1 saturated heterocycles. The number of hydrogen-bond acceptors (Lipinski definition) is 6. The maximum atomic E-state index is 12.2. The predicted octanol–water partition coefficient (Wildman–Crippen LogP) is 0.337. The highest BCUT2D eigenvalue weighted by molar-refractivity contribution is 6.05. The molecule has 8 nitrogen and oxygen atoms in total. The summed E-state index contributed by atoms with van der Waals surface area (Å²) in [6, 6.07) is 5.44. The van der Waals surface area contributed by atoms with E-state index in [9.17, 15) is 9.90 Å². The number of aliphatic hydroxyl groups is 1. The molecule has 1 fully saturated rings. The maximum Gasteiger partial charge on any atom is 0.274 e. The second kappa shape index (κ2) is 7.81. The highest BCUT2D eigenvalue weighted by atomic mass is 16.5. The fraction of sp³-hybridized carbons (Fsp3) is 0.529. The van der Waals surface area contributed by atoms with E-state index >= 15 is 0 Å². The van der Waals surface area contributed by atoms with Crippen molar-refractivity contribution >= 4 is 16.8 Å². The van der Waals surface area contributed by atoms with Crippen LogP contribution in [-0.2, 0) is 4.74 Å². The molecule has 1 amide bonds. The predicted molar refractivity (Wildman–Crippen MR) is 92.9 cm³/mol. The number of carbonyl (C=O) groups excluding carboxylic acids is 1. The number of benzene rings is 1. The molecule has 0 aliphatic carbocycles. The summed E-state index contributed by atoms with van der Waals surface area (Å²) in [5.74, 6) is 0.402. The van der Waals surface area contributed by atoms with Crippen molar-refractivity contribution < 1.29 is 19.4 Å². The molecule has 25 heavy (non-hydrogen) atoms. The molecule has 0 saturated carbocycles. The second-order valence-electron chi connectivity index (χ2n) is 6.33. The van der Waals surface area contributed by atoms with Gasteiger partial charge in [-0.05, 0) is 6.07 Å². The standard InChI is InChI=1S/C17H24N4O4/c1-20(2)17(23)16-13-4-3-5-14(15(13)18-19-16)25-11-12(22)10-21-6-8-24-9-7-21/h3-5,12,22H,6-11H2,1-2H3,(H,18,19)/t12-/m0/s1. The minimum atomic E-state index is -0.598. The lowest BCUT2D eigenvalue weighted by atomic mass is 10.2. The van der Waals surface area contributed by atoms with Gasteiger partial charge in [-0.25, -0.2) is 0 Å². The molecule has 1 aromatic heterocycles. The van der Waals surface area contributed by atoms with Crippen molar-refractivity contribution in [3.05, 3.63) is 23.9 Å². The number of H-pyrrole nitrogens is 1. The van der Waals surface area contributed by atoms with Gasteiger partial charge in [0, 0.05) is 39.1 Å². The Kier molecular flexibility index (Phi) is 5.52. The number of morpholine rings is 1. The van der Waals surface area contributed by atoms with Gasteiger partial charge >= 0.3 is 0 Å². The van der Waals surface area contributed by atoms with Crippen molar-refractivity contribution in [2.75, 3.05) is 53.6 Å². The summed E-state index contributed by atoms with van der Waals surface area (Å²) in [6.07, 6.45) is -0.598. The average molecular weight is 348 g/mol. The number of nitrogens with zero attached hydrogens (tertiary/aromatic N) is 3. The van der Waals surface area contributed by atoms with E-state index in [4.69, 9.17) is 9.47 Å². The number of rotatable bonds is 6. The van der Waals surface area contributed by atoms with Crippen molar-refractivity contribution in [2.24, 2.45) is 0 Å². The smallest absolute Gasteiger partial charge is 0.274 e. The van der Waals surface area contributed by atoms with E-state index in [1.165, 1.54) is 4.90 Å². The summed E-state index contributed by atoms with van der Waals surface area (Å²) in [5.41, 5.74) is 1.02. The number of aliphatic hydroxyl groups excluding tert-OH is 1. The fourth-order valence-electron chi connectivity index (χ4n) is 2.83. The molecule has 136 valence electrons. The first-order valence-corrected chi connectivity index (χ1v) is 8.36. The molecule has 0 radical (unpaired) electrons. The van der Waals surface area contributed by atoms with Crippen molar-refractivity contribution in [2.45, 2.75) is 6.10 Å². The Morgan fingerprint density at radius 1 is 1.44 bits per heavy atom. The third-order valence-electron chi connectivity index (χ3n) is 4.17. The van der Waals surface area contributed by atoms with Gasteiger partial charge in [0.05, 0.1) is 13.2 Å². The van der Waals surface area contributed by atoms with E-state index in [0.29, 0.717) is 42.1 Å². The number of aromatic amines is 1. The molecule has 2 N–H and O–H groups in total. The van der Waals surface area contributed by atoms with Crippen molar-refractivity contribution in [3.63, 3.8) is 0 Å². The number of hydrogen-bond donors (Lipinski definition) is 2. The number of β-amino-alcohol motifs (C(OH)–C–C–N with tert-alkyl or cyclic N) is 1. The van der Waals surface area contributed by atoms with Gasteiger partial charge in [-0.1, -0.05) is 12.1 Å². The van der Waals surface area contributed by atoms with Crippen LogP contribution in [0.3, 0.4) is 0 Å². The SMILES string of the molecule is CN(C)C(=O)c1n[nH]c2c(OC[C@@H](O)CN3CCOCC3)cccc12. The Labute approximate surface area is 146 Å². The summed E-state index contributed by atoms with van der Waals surface area (Å²) in [6.45, 7) is 3.76. The summed E-state index contributed by atoms with van der Waals surface area (Å²) >= 11 is 0. The van der Waals surface area contributed by atoms with Crippen LogP contribution >= 0.6 is 0 Å². The van der Waals surface area contributed by atoms with Crippen LogP contribution in [0.4, 0.5) is 0 Å². The Hall–Kier alpha value is -2.16. The largest absolute Gasteiger partial charge is 0.489 e. The van der Waals surface area contributed by atoms with E-state index in [1.54, 1.807) is 20.2 Å². The van der Waals surface area contributed by atoms with Crippen LogP contribution in [0, 0.1) is 0 Å². The highest BCUT2D eigenvalue weighted by Crippen LogP contribution is 2.26. The van der Waals surface area contributed by atoms with Crippen molar-refractivity contribution in [3.8, 4) is 5.75 Å². The zero-order chi connectivity index (χ0) is 17.8. The Morgan fingerprint density at radius 3 is 2.92 bits per heavy atom. The molecule has 3 rings (SSSR count). The summed E-state index contributed by atoms with van der Waals surface area (Å²) in [5, 5.41) is 17.9. The Morgan fingerprint density at radius 2 is 2.20 bits per heavy atom. The number of para-hydroxylation sites is 1. The number of nitrogens with one attached hydrogen (secondary N) is 1. The molecule has 1 aliphatic heterocycles. The van der Waals surface area contributed by atoms with Gasteiger partial charge in [0.2, 0.25) is 0 Å². The third kappa shape index (κ3) is 4.09. The van der Waals surface area contributed by atoms with E-state index in [2.05, 4.69) is 15.1 Å². The quantitative estimate of drug-likeness (QED) is 0.782. The summed E-state index contributed by atoms with van der Waals surface area (Å²) in [4.78, 5) is 15.8. The normalized spacial score (nSPS) is 16.8. The van der Waals surface area contributed by atoms with Crippen LogP contribution in [0.15, 0.2) is 18.2 Å². The summed E-state index contributed by atoms with van der Waals surface area (Å²) < 4.78 is 11.1. The molecular weight excluding hydrogens is 324 g/mol. The molecule has 1 aliphatic rings. The molecule has 1 aromatic carbocycles. The molecule has 0 unspecified atom stereocenters. The van der Waals surface area contributed by atoms with Crippen LogP contribution in [0.1, 0.15) is 10.5 Å². The topological polar surface area (TPSA) is 90.9 Å². The molecule has 8 heteroatoms. The molecule has 1 atom stereocenters. The van der Waals surface area contributed by atoms with Gasteiger partial charge in [0.1, 0.15) is 24.0 Å². The number of amides is 1. The van der Waals surface area contributed by atoms with Crippen LogP contribution in [0.2, 0.25) is 0 Å². The third-order valence-corrected chi connectivity index (χ3v) is 4.17. The average Bonchev–Trinajstić information content (AvgIpc) is 3.04. The first-order chi connectivity index (χ1) is 12.1. The first kappa shape index (κ1) is 17.7. The van der Waals surface area contributed by atoms with Crippen LogP contribution in [0.25, 0.3) is 10.9 Å². The van der Waals surface area contributed by atoms with Gasteiger partial charge < -0.3 is 19.5 Å². The molecule has 2 aromatic rings. The molecular formula is C17H24N4O4. The minimum Gasteiger partial charge on any atom is -0.489 e. The van der Waals surface area contributed by atoms with Crippen LogP contribution in [0.5, 0.6) is 5.75 Å². The Bertz CT molecular complexity index is 725. The van der Waals surface area contributed by atoms with Crippen molar-refractivity contribution in [1.82, 2.24) is 20.0 Å². The number of carbonyl (C=O) groups is 1. The van der Waals surface area contributed by atoms with Gasteiger partial charge in [-0.15, -0.1) is 0 Å². The number of fused-ring (bicyclic) bond motifs is 1. The second-order valence-corrected chi connectivity index (χ2v) is 6.33. The molecule has 2 heterocycles. The van der Waals surface area contributed by atoms with E-state index in [0.717, 1.165) is 13.1 Å². The molecule has 0 spiro atoms. The van der Waals surface area contributed by atoms with Crippen LogP contribution in [-0.4, -0.2) is 90.7 Å². The van der Waals surface area contributed by atoms with E-state index in [1.807, 2.05) is 12.1 Å². The Balaban J connectivity index is 1.66. The summed E-state index contributed by atoms with van der Waals surface area (Å²) in [7, 11) is 3.37. The van der Waals surface area contributed by atoms with E-state index < -0.39 is 6.10 Å². The minimum absolute atomic E-state index is 0.171. The van der Waals surface area contributed by atoms with Crippen LogP contribution < -0.4 is 4.74 Å². The fourth-order valence-corrected chi connectivity index (χ4v) is 2.83. The molecule has 0 bridgehead atoms. The van der Waals surface area contributed by atoms with E-state index in [-0.39, 0.29) is 12.5 Å². The zero-order valence-electron chi connectivity index (χ0n) is 14.6. The maximum absolute atomic E-state index is 12.2. The lowest BCUT2D eigenvalue weighted by Gasteiger charge is -2.28. The van der Waals surface area contributed by atoms with Gasteiger partial charge in [0.15, 0.2) is 5.69 Å². The zero-order valence-corrected chi connectivity index (χ0v) is 14.6. The first-order valence-electron chi connectivity index (χ1n) is 8.36. The number of ether oxygens (including phenoxy) is 2. The highest BCUT2D eigenvalue weighted by Gasteiger charge is 2.19. The van der Waals surface area contributed by atoms with Crippen molar-refractivity contribution in [1.29, 1.82) is 0 Å². The van der Waals surface area contributed by atoms with Gasteiger partial charge in [-0.3, -0.25) is 14.8 Å². The monoisotopic (exact) mass is 348 g/mol. The van der Waals surface area contributed by atoms with Gasteiger partial charge in [0.25, 0.3) is 5.91 Å². The lowest BCUT2D eigenvalue weighted by Crippen LogP contribution is -2.42.